The van der Waals surface area contributed by atoms with E-state index in [1.807, 2.05) is 0 Å². The minimum Gasteiger partial charge on any atom is -0.399 e. The van der Waals surface area contributed by atoms with E-state index in [0.29, 0.717) is 11.3 Å². The molecule has 0 fully saturated rings. The quantitative estimate of drug-likeness (QED) is 0.671. The van der Waals surface area contributed by atoms with Crippen molar-refractivity contribution in [2.75, 3.05) is 18.8 Å². The van der Waals surface area contributed by atoms with E-state index in [9.17, 15) is 18.0 Å². The summed E-state index contributed by atoms with van der Waals surface area (Å²) in [4.78, 5) is 12.5. The van der Waals surface area contributed by atoms with Crippen LogP contribution in [0.25, 0.3) is 0 Å². The number of halogens is 4. The van der Waals surface area contributed by atoms with Gasteiger partial charge in [-0.2, -0.15) is 13.2 Å². The second kappa shape index (κ2) is 7.79. The van der Waals surface area contributed by atoms with E-state index in [2.05, 4.69) is 6.58 Å². The Morgan fingerprint density at radius 2 is 1.85 bits per heavy atom. The third kappa shape index (κ3) is 6.47. The van der Waals surface area contributed by atoms with E-state index in [0.717, 1.165) is 4.90 Å². The van der Waals surface area contributed by atoms with Crippen LogP contribution in [-0.2, 0) is 11.2 Å². The lowest BCUT2D eigenvalue weighted by Gasteiger charge is -2.22. The molecule has 0 aliphatic rings. The summed E-state index contributed by atoms with van der Waals surface area (Å²) in [6.07, 6.45) is -3.24. The van der Waals surface area contributed by atoms with Gasteiger partial charge < -0.3 is 10.6 Å². The molecule has 0 radical (unpaired) electrons. The number of benzene rings is 1. The molecule has 0 saturated carbocycles. The molecule has 7 heteroatoms. The Morgan fingerprint density at radius 3 is 2.30 bits per heavy atom. The van der Waals surface area contributed by atoms with Crippen molar-refractivity contribution in [1.29, 1.82) is 0 Å². The highest BCUT2D eigenvalue weighted by atomic mass is 35.5. The number of hydrogen-bond donors (Lipinski definition) is 1. The van der Waals surface area contributed by atoms with Crippen molar-refractivity contribution in [3.63, 3.8) is 0 Å². The van der Waals surface area contributed by atoms with E-state index in [4.69, 9.17) is 5.73 Å². The lowest BCUT2D eigenvalue weighted by Crippen LogP contribution is -2.39. The first kappa shape index (κ1) is 18.3. The van der Waals surface area contributed by atoms with E-state index in [1.165, 1.54) is 6.08 Å². The third-order valence-electron chi connectivity index (χ3n) is 2.41. The Kier molecular flexibility index (Phi) is 7.13. The molecule has 0 heterocycles. The Hall–Kier alpha value is -1.69. The van der Waals surface area contributed by atoms with Crippen LogP contribution >= 0.6 is 12.4 Å². The van der Waals surface area contributed by atoms with E-state index < -0.39 is 18.6 Å². The fraction of sp³-hybridized carbons (Fsp3) is 0.308. The van der Waals surface area contributed by atoms with Crippen molar-refractivity contribution < 1.29 is 18.0 Å². The van der Waals surface area contributed by atoms with Gasteiger partial charge in [-0.1, -0.05) is 18.2 Å². The lowest BCUT2D eigenvalue weighted by atomic mass is 10.1. The number of nitrogens with two attached hydrogens (primary N) is 1. The molecule has 0 saturated heterocycles. The van der Waals surface area contributed by atoms with Crippen LogP contribution < -0.4 is 5.73 Å². The van der Waals surface area contributed by atoms with Crippen LogP contribution in [0.4, 0.5) is 18.9 Å². The molecule has 0 aliphatic heterocycles. The van der Waals surface area contributed by atoms with Crippen molar-refractivity contribution >= 4 is 24.0 Å². The molecule has 112 valence electrons. The van der Waals surface area contributed by atoms with Crippen LogP contribution in [0, 0.1) is 0 Å². The van der Waals surface area contributed by atoms with Gasteiger partial charge in [0.15, 0.2) is 0 Å². The van der Waals surface area contributed by atoms with Gasteiger partial charge in [-0.3, -0.25) is 4.79 Å². The van der Waals surface area contributed by atoms with Crippen LogP contribution in [0.15, 0.2) is 36.9 Å². The maximum Gasteiger partial charge on any atom is 0.406 e. The molecule has 1 aromatic carbocycles. The maximum atomic E-state index is 12.3. The van der Waals surface area contributed by atoms with Crippen molar-refractivity contribution in [2.24, 2.45) is 0 Å². The van der Waals surface area contributed by atoms with E-state index >= 15 is 0 Å². The number of anilines is 1. The second-order valence-electron chi connectivity index (χ2n) is 4.10. The summed E-state index contributed by atoms with van der Waals surface area (Å²) in [6.45, 7) is 1.95. The molecule has 0 spiro atoms. The van der Waals surface area contributed by atoms with Gasteiger partial charge in [-0.15, -0.1) is 19.0 Å². The van der Waals surface area contributed by atoms with Gasteiger partial charge in [0.1, 0.15) is 6.54 Å². The highest BCUT2D eigenvalue weighted by Crippen LogP contribution is 2.17. The lowest BCUT2D eigenvalue weighted by molar-refractivity contribution is -0.159. The summed E-state index contributed by atoms with van der Waals surface area (Å²) in [5, 5.41) is 0. The number of carbonyl (C=O) groups is 1. The minimum atomic E-state index is -4.42. The number of rotatable bonds is 5. The Labute approximate surface area is 121 Å². The standard InChI is InChI=1S/C13H15F3N2O.ClH/c1-2-7-18(9-13(14,15)16)12(19)8-10-3-5-11(17)6-4-10;/h2-6H,1,7-9,17H2;1H. The summed E-state index contributed by atoms with van der Waals surface area (Å²) in [7, 11) is 0. The van der Waals surface area contributed by atoms with Gasteiger partial charge in [0, 0.05) is 12.2 Å². The summed E-state index contributed by atoms with van der Waals surface area (Å²) >= 11 is 0. The molecule has 1 amide bonds. The third-order valence-corrected chi connectivity index (χ3v) is 2.41. The fourth-order valence-corrected chi connectivity index (χ4v) is 1.55. The predicted molar refractivity (Wildman–Crippen MR) is 74.6 cm³/mol. The molecule has 1 aromatic rings. The largest absolute Gasteiger partial charge is 0.406 e. The Balaban J connectivity index is 0.00000361. The number of hydrogen-bond acceptors (Lipinski definition) is 2. The first-order valence-electron chi connectivity index (χ1n) is 5.61. The number of carbonyl (C=O) groups excluding carboxylic acids is 1. The topological polar surface area (TPSA) is 46.3 Å². The van der Waals surface area contributed by atoms with Gasteiger partial charge in [0.2, 0.25) is 5.91 Å². The first-order chi connectivity index (χ1) is 8.81. The smallest absolute Gasteiger partial charge is 0.399 e. The van der Waals surface area contributed by atoms with Crippen molar-refractivity contribution in [3.05, 3.63) is 42.5 Å². The normalized spacial score (nSPS) is 10.6. The average molecular weight is 309 g/mol. The molecule has 0 aromatic heterocycles. The maximum absolute atomic E-state index is 12.3. The molecule has 20 heavy (non-hydrogen) atoms. The highest BCUT2D eigenvalue weighted by Gasteiger charge is 2.32. The first-order valence-corrected chi connectivity index (χ1v) is 5.61. The van der Waals surface area contributed by atoms with Crippen LogP contribution in [0.5, 0.6) is 0 Å². The summed E-state index contributed by atoms with van der Waals surface area (Å²) in [6, 6.07) is 6.44. The average Bonchev–Trinajstić information content (AvgIpc) is 2.30. The summed E-state index contributed by atoms with van der Waals surface area (Å²) in [5.41, 5.74) is 6.65. The summed E-state index contributed by atoms with van der Waals surface area (Å²) in [5.74, 6) is -0.595. The molecular formula is C13H16ClF3N2O. The Morgan fingerprint density at radius 1 is 1.30 bits per heavy atom. The number of amides is 1. The van der Waals surface area contributed by atoms with Crippen molar-refractivity contribution in [2.45, 2.75) is 12.6 Å². The van der Waals surface area contributed by atoms with Crippen LogP contribution in [0.1, 0.15) is 5.56 Å². The molecule has 2 N–H and O–H groups in total. The van der Waals surface area contributed by atoms with Crippen LogP contribution in [0.2, 0.25) is 0 Å². The number of alkyl halides is 3. The van der Waals surface area contributed by atoms with Crippen LogP contribution in [-0.4, -0.2) is 30.1 Å². The minimum absolute atomic E-state index is 0. The van der Waals surface area contributed by atoms with Gasteiger partial charge >= 0.3 is 6.18 Å². The highest BCUT2D eigenvalue weighted by molar-refractivity contribution is 5.85. The molecule has 3 nitrogen and oxygen atoms in total. The molecule has 0 unspecified atom stereocenters. The zero-order valence-corrected chi connectivity index (χ0v) is 11.5. The molecule has 1 rings (SSSR count). The number of nitrogens with zero attached hydrogens (tertiary/aromatic N) is 1. The SMILES string of the molecule is C=CCN(CC(F)(F)F)C(=O)Cc1ccc(N)cc1.Cl. The molecular weight excluding hydrogens is 293 g/mol. The van der Waals surface area contributed by atoms with E-state index in [-0.39, 0.29) is 25.4 Å². The van der Waals surface area contributed by atoms with Gasteiger partial charge in [-0.25, -0.2) is 0 Å². The zero-order valence-electron chi connectivity index (χ0n) is 10.7. The second-order valence-corrected chi connectivity index (χ2v) is 4.10. The van der Waals surface area contributed by atoms with Crippen LogP contribution in [0.3, 0.4) is 0 Å². The molecule has 0 bridgehead atoms. The van der Waals surface area contributed by atoms with E-state index in [1.54, 1.807) is 24.3 Å². The number of nitrogen functional groups attached to an aromatic ring is 1. The Bertz CT molecular complexity index is 446. The summed E-state index contributed by atoms with van der Waals surface area (Å²) < 4.78 is 37.0. The van der Waals surface area contributed by atoms with Gasteiger partial charge in [0.05, 0.1) is 6.42 Å². The monoisotopic (exact) mass is 308 g/mol. The van der Waals surface area contributed by atoms with Crippen molar-refractivity contribution in [1.82, 2.24) is 4.90 Å². The predicted octanol–water partition coefficient (Wildman–Crippen LogP) is 2.81. The zero-order chi connectivity index (χ0) is 14.5. The molecule has 0 aliphatic carbocycles. The molecule has 0 atom stereocenters. The van der Waals surface area contributed by atoms with Gasteiger partial charge in [-0.05, 0) is 17.7 Å². The fourth-order valence-electron chi connectivity index (χ4n) is 1.55. The van der Waals surface area contributed by atoms with Gasteiger partial charge in [0.25, 0.3) is 0 Å². The van der Waals surface area contributed by atoms with Crippen molar-refractivity contribution in [3.8, 4) is 0 Å².